The van der Waals surface area contributed by atoms with Crippen LogP contribution in [0.5, 0.6) is 0 Å². The van der Waals surface area contributed by atoms with E-state index in [2.05, 4.69) is 33.3 Å². The molecule has 2 aliphatic rings. The van der Waals surface area contributed by atoms with Gasteiger partial charge in [-0.1, -0.05) is 0 Å². The van der Waals surface area contributed by atoms with Gasteiger partial charge in [0.2, 0.25) is 0 Å². The van der Waals surface area contributed by atoms with Gasteiger partial charge in [0.15, 0.2) is 0 Å². The van der Waals surface area contributed by atoms with Gasteiger partial charge in [-0.15, -0.1) is 0 Å². The van der Waals surface area contributed by atoms with Gasteiger partial charge in [0, 0.05) is 49.7 Å². The van der Waals surface area contributed by atoms with Crippen LogP contribution in [0.25, 0.3) is 0 Å². The van der Waals surface area contributed by atoms with Gasteiger partial charge in [-0.05, 0) is 44.9 Å². The minimum Gasteiger partial charge on any atom is -0.375 e. The van der Waals surface area contributed by atoms with Gasteiger partial charge in [-0.2, -0.15) is 5.10 Å². The summed E-state index contributed by atoms with van der Waals surface area (Å²) < 4.78 is 7.48. The Labute approximate surface area is 159 Å². The molecular formula is C20H27N5O2. The number of aromatic nitrogens is 3. The van der Waals surface area contributed by atoms with Crippen LogP contribution >= 0.6 is 0 Å². The number of aryl methyl sites for hydroxylation is 2. The predicted octanol–water partition coefficient (Wildman–Crippen LogP) is 1.85. The Morgan fingerprint density at radius 2 is 2.22 bits per heavy atom. The number of carbonyl (C=O) groups is 1. The van der Waals surface area contributed by atoms with Crippen molar-refractivity contribution in [1.82, 2.24) is 20.1 Å². The summed E-state index contributed by atoms with van der Waals surface area (Å²) in [6.07, 6.45) is 4.64. The Kier molecular flexibility index (Phi) is 4.63. The van der Waals surface area contributed by atoms with Crippen molar-refractivity contribution >= 4 is 11.6 Å². The lowest BCUT2D eigenvalue weighted by atomic mass is 10.1. The molecule has 1 saturated carbocycles. The van der Waals surface area contributed by atoms with E-state index in [1.807, 2.05) is 30.8 Å². The maximum Gasteiger partial charge on any atom is 0.270 e. The van der Waals surface area contributed by atoms with E-state index in [4.69, 9.17) is 4.74 Å². The molecule has 1 atom stereocenters. The molecule has 2 aromatic heterocycles. The summed E-state index contributed by atoms with van der Waals surface area (Å²) in [6, 6.07) is 5.93. The third-order valence-corrected chi connectivity index (χ3v) is 5.50. The van der Waals surface area contributed by atoms with Gasteiger partial charge in [0.25, 0.3) is 5.91 Å². The number of carbonyl (C=O) groups excluding carboxylic acids is 1. The zero-order valence-electron chi connectivity index (χ0n) is 16.2. The molecule has 1 amide bonds. The van der Waals surface area contributed by atoms with Crippen molar-refractivity contribution in [2.45, 2.75) is 44.8 Å². The highest BCUT2D eigenvalue weighted by atomic mass is 16.5. The molecule has 0 aromatic carbocycles. The largest absolute Gasteiger partial charge is 0.375 e. The normalized spacial score (nSPS) is 21.1. The molecule has 1 aliphatic carbocycles. The highest BCUT2D eigenvalue weighted by Gasteiger charge is 2.45. The molecule has 1 saturated heterocycles. The van der Waals surface area contributed by atoms with E-state index in [0.717, 1.165) is 49.4 Å². The van der Waals surface area contributed by atoms with Gasteiger partial charge in [0.05, 0.1) is 18.4 Å². The van der Waals surface area contributed by atoms with Crippen LogP contribution in [0.3, 0.4) is 0 Å². The number of nitrogens with zero attached hydrogens (tertiary/aromatic N) is 4. The lowest BCUT2D eigenvalue weighted by molar-refractivity contribution is 0.0532. The molecule has 0 spiro atoms. The second-order valence-electron chi connectivity index (χ2n) is 7.84. The molecule has 2 fully saturated rings. The third-order valence-electron chi connectivity index (χ3n) is 5.50. The van der Waals surface area contributed by atoms with E-state index in [-0.39, 0.29) is 17.6 Å². The van der Waals surface area contributed by atoms with Gasteiger partial charge >= 0.3 is 0 Å². The smallest absolute Gasteiger partial charge is 0.270 e. The summed E-state index contributed by atoms with van der Waals surface area (Å²) in [5.41, 5.74) is 3.46. The number of amides is 1. The number of rotatable bonds is 5. The van der Waals surface area contributed by atoms with Crippen molar-refractivity contribution in [2.24, 2.45) is 7.05 Å². The number of pyridine rings is 1. The number of anilines is 1. The van der Waals surface area contributed by atoms with E-state index in [9.17, 15) is 4.79 Å². The van der Waals surface area contributed by atoms with Gasteiger partial charge in [-0.3, -0.25) is 14.5 Å². The first-order valence-electron chi connectivity index (χ1n) is 9.59. The summed E-state index contributed by atoms with van der Waals surface area (Å²) in [5.74, 6) is -0.108. The number of hydrogen-bond acceptors (Lipinski definition) is 5. The fourth-order valence-corrected chi connectivity index (χ4v) is 3.66. The molecule has 1 N–H and O–H groups in total. The molecule has 0 bridgehead atoms. The Morgan fingerprint density at radius 1 is 1.41 bits per heavy atom. The number of hydrogen-bond donors (Lipinski definition) is 1. The van der Waals surface area contributed by atoms with Crippen molar-refractivity contribution in [3.05, 3.63) is 41.5 Å². The first kappa shape index (κ1) is 18.0. The summed E-state index contributed by atoms with van der Waals surface area (Å²) in [4.78, 5) is 19.4. The minimum absolute atomic E-state index is 0.108. The van der Waals surface area contributed by atoms with Gasteiger partial charge in [0.1, 0.15) is 5.69 Å². The number of ether oxygens (including phenoxy) is 1. The molecule has 0 unspecified atom stereocenters. The molecule has 4 rings (SSSR count). The Hall–Kier alpha value is -2.41. The van der Waals surface area contributed by atoms with Crippen molar-refractivity contribution in [2.75, 3.05) is 24.6 Å². The number of nitrogens with one attached hydrogen (secondary N) is 1. The standard InChI is InChI=1S/C20H27N5O2/c1-14-10-16(23-24(14)3)12-20(5-6-20)22-19(26)18-11-17(4-7-21-18)25-8-9-27-15(2)13-25/h4,7,10-11,15H,5-6,8-9,12-13H2,1-3H3,(H,22,26)/t15-/m0/s1. The molecule has 27 heavy (non-hydrogen) atoms. The summed E-state index contributed by atoms with van der Waals surface area (Å²) >= 11 is 0. The maximum atomic E-state index is 12.8. The maximum absolute atomic E-state index is 12.8. The van der Waals surface area contributed by atoms with Crippen LogP contribution in [-0.4, -0.2) is 52.0 Å². The molecule has 3 heterocycles. The average Bonchev–Trinajstić information content (AvgIpc) is 3.32. The first-order chi connectivity index (χ1) is 12.9. The summed E-state index contributed by atoms with van der Waals surface area (Å²) in [5, 5.41) is 7.73. The van der Waals surface area contributed by atoms with Crippen molar-refractivity contribution < 1.29 is 9.53 Å². The molecule has 2 aromatic rings. The quantitative estimate of drug-likeness (QED) is 0.871. The average molecular weight is 369 g/mol. The van der Waals surface area contributed by atoms with Gasteiger partial charge in [-0.25, -0.2) is 0 Å². The zero-order valence-corrected chi connectivity index (χ0v) is 16.2. The SMILES string of the molecule is Cc1cc(CC2(NC(=O)c3cc(N4CCO[C@@H](C)C4)ccn3)CC2)nn1C. The molecule has 7 nitrogen and oxygen atoms in total. The van der Waals surface area contributed by atoms with E-state index >= 15 is 0 Å². The fraction of sp³-hybridized carbons (Fsp3) is 0.550. The van der Waals surface area contributed by atoms with E-state index in [1.54, 1.807) is 6.20 Å². The Bertz CT molecular complexity index is 823. The Morgan fingerprint density at radius 3 is 2.89 bits per heavy atom. The van der Waals surface area contributed by atoms with E-state index in [1.165, 1.54) is 0 Å². The lowest BCUT2D eigenvalue weighted by Gasteiger charge is -2.33. The van der Waals surface area contributed by atoms with Gasteiger partial charge < -0.3 is 15.0 Å². The second-order valence-corrected chi connectivity index (χ2v) is 7.84. The molecule has 0 radical (unpaired) electrons. The topological polar surface area (TPSA) is 72.3 Å². The van der Waals surface area contributed by atoms with Crippen molar-refractivity contribution in [3.63, 3.8) is 0 Å². The lowest BCUT2D eigenvalue weighted by Crippen LogP contribution is -2.41. The van der Waals surface area contributed by atoms with Crippen LogP contribution < -0.4 is 10.2 Å². The number of morpholine rings is 1. The summed E-state index contributed by atoms with van der Waals surface area (Å²) in [7, 11) is 1.94. The van der Waals surface area contributed by atoms with E-state index < -0.39 is 0 Å². The third kappa shape index (κ3) is 3.98. The second kappa shape index (κ2) is 6.96. The monoisotopic (exact) mass is 369 g/mol. The van der Waals surface area contributed by atoms with Crippen LogP contribution in [0.1, 0.15) is 41.6 Å². The molecule has 7 heteroatoms. The minimum atomic E-state index is -0.178. The molecular weight excluding hydrogens is 342 g/mol. The highest BCUT2D eigenvalue weighted by Crippen LogP contribution is 2.38. The fourth-order valence-electron chi connectivity index (χ4n) is 3.66. The highest BCUT2D eigenvalue weighted by molar-refractivity contribution is 5.94. The van der Waals surface area contributed by atoms with Crippen LogP contribution in [0.2, 0.25) is 0 Å². The first-order valence-corrected chi connectivity index (χ1v) is 9.59. The predicted molar refractivity (Wildman–Crippen MR) is 103 cm³/mol. The van der Waals surface area contributed by atoms with Crippen LogP contribution in [0.4, 0.5) is 5.69 Å². The van der Waals surface area contributed by atoms with Crippen LogP contribution in [0.15, 0.2) is 24.4 Å². The zero-order chi connectivity index (χ0) is 19.0. The van der Waals surface area contributed by atoms with Crippen LogP contribution in [-0.2, 0) is 18.2 Å². The van der Waals surface area contributed by atoms with Crippen molar-refractivity contribution in [1.29, 1.82) is 0 Å². The van der Waals surface area contributed by atoms with E-state index in [0.29, 0.717) is 12.3 Å². The molecule has 144 valence electrons. The summed E-state index contributed by atoms with van der Waals surface area (Å²) in [6.45, 7) is 6.47. The van der Waals surface area contributed by atoms with Crippen molar-refractivity contribution in [3.8, 4) is 0 Å². The Balaban J connectivity index is 1.44. The van der Waals surface area contributed by atoms with Crippen LogP contribution in [0, 0.1) is 6.92 Å². The molecule has 1 aliphatic heterocycles.